The van der Waals surface area contributed by atoms with Crippen molar-refractivity contribution in [3.8, 4) is 0 Å². The number of carbonyl (C=O) groups is 2. The standard InChI is InChI=1S/C28H35ClF3N3O4S/c1-3-25(27(37)33-23-9-4-5-10-23)34(19-20-13-15-22(29)16-14-20)26(36)12-7-17-35(40(2,38)39)24-11-6-8-21(18-24)28(30,31)32/h6,8,11,13-16,18,23,25H,3-5,7,9-10,12,17,19H2,1-2H3,(H,33,37). The molecule has 0 bridgehead atoms. The maximum Gasteiger partial charge on any atom is 0.416 e. The fraction of sp³-hybridized carbons (Fsp3) is 0.500. The van der Waals surface area contributed by atoms with E-state index in [1.54, 1.807) is 24.3 Å². The predicted octanol–water partition coefficient (Wildman–Crippen LogP) is 5.77. The first-order valence-corrected chi connectivity index (χ1v) is 15.5. The molecular weight excluding hydrogens is 567 g/mol. The SMILES string of the molecule is CCC(C(=O)NC1CCCC1)N(Cc1ccc(Cl)cc1)C(=O)CCCN(c1cccc(C(F)(F)F)c1)S(C)(=O)=O. The van der Waals surface area contributed by atoms with E-state index in [0.717, 1.165) is 60.0 Å². The Morgan fingerprint density at radius 1 is 1.10 bits per heavy atom. The van der Waals surface area contributed by atoms with Gasteiger partial charge in [-0.3, -0.25) is 13.9 Å². The van der Waals surface area contributed by atoms with Gasteiger partial charge in [0.1, 0.15) is 6.04 Å². The van der Waals surface area contributed by atoms with Crippen molar-refractivity contribution in [2.45, 2.75) is 76.7 Å². The monoisotopic (exact) mass is 601 g/mol. The van der Waals surface area contributed by atoms with Crippen molar-refractivity contribution in [1.82, 2.24) is 10.2 Å². The van der Waals surface area contributed by atoms with Crippen LogP contribution in [0.4, 0.5) is 18.9 Å². The number of nitrogens with one attached hydrogen (secondary N) is 1. The first-order chi connectivity index (χ1) is 18.8. The first kappa shape index (κ1) is 31.7. The van der Waals surface area contributed by atoms with Crippen molar-refractivity contribution in [3.05, 3.63) is 64.7 Å². The summed E-state index contributed by atoms with van der Waals surface area (Å²) < 4.78 is 65.5. The van der Waals surface area contributed by atoms with Gasteiger partial charge in [0.15, 0.2) is 0 Å². The molecule has 0 radical (unpaired) electrons. The van der Waals surface area contributed by atoms with Gasteiger partial charge in [0.05, 0.1) is 17.5 Å². The number of nitrogens with zero attached hydrogens (tertiary/aromatic N) is 2. The summed E-state index contributed by atoms with van der Waals surface area (Å²) >= 11 is 6.01. The molecule has 2 amide bonds. The molecule has 7 nitrogen and oxygen atoms in total. The molecular formula is C28H35ClF3N3O4S. The van der Waals surface area contributed by atoms with Crippen molar-refractivity contribution in [3.63, 3.8) is 0 Å². The van der Waals surface area contributed by atoms with Crippen molar-refractivity contribution in [2.75, 3.05) is 17.1 Å². The molecule has 1 unspecified atom stereocenters. The van der Waals surface area contributed by atoms with Crippen LogP contribution < -0.4 is 9.62 Å². The van der Waals surface area contributed by atoms with Gasteiger partial charge in [-0.25, -0.2) is 8.42 Å². The van der Waals surface area contributed by atoms with E-state index in [0.29, 0.717) is 11.4 Å². The summed E-state index contributed by atoms with van der Waals surface area (Å²) in [5, 5.41) is 3.59. The maximum atomic E-state index is 13.5. The van der Waals surface area contributed by atoms with E-state index in [2.05, 4.69) is 5.32 Å². The lowest BCUT2D eigenvalue weighted by molar-refractivity contribution is -0.141. The molecule has 2 aromatic carbocycles. The molecule has 0 heterocycles. The van der Waals surface area contributed by atoms with Gasteiger partial charge >= 0.3 is 6.18 Å². The number of carbonyl (C=O) groups excluding carboxylic acids is 2. The number of alkyl halides is 3. The summed E-state index contributed by atoms with van der Waals surface area (Å²) in [6.45, 7) is 1.77. The number of rotatable bonds is 12. The van der Waals surface area contributed by atoms with E-state index in [1.165, 1.54) is 11.0 Å². The third-order valence-corrected chi connectivity index (χ3v) is 8.41. The van der Waals surface area contributed by atoms with Gasteiger partial charge in [-0.15, -0.1) is 0 Å². The molecule has 1 aliphatic carbocycles. The van der Waals surface area contributed by atoms with Gasteiger partial charge in [0.25, 0.3) is 0 Å². The van der Waals surface area contributed by atoms with Crippen LogP contribution in [0.2, 0.25) is 5.02 Å². The van der Waals surface area contributed by atoms with E-state index >= 15 is 0 Å². The van der Waals surface area contributed by atoms with E-state index < -0.39 is 27.8 Å². The van der Waals surface area contributed by atoms with Crippen molar-refractivity contribution < 1.29 is 31.2 Å². The lowest BCUT2D eigenvalue weighted by Gasteiger charge is -2.32. The molecule has 2 aromatic rings. The minimum Gasteiger partial charge on any atom is -0.352 e. The molecule has 1 N–H and O–H groups in total. The van der Waals surface area contributed by atoms with Gasteiger partial charge in [-0.05, 0) is 61.6 Å². The zero-order valence-corrected chi connectivity index (χ0v) is 24.2. The fourth-order valence-electron chi connectivity index (χ4n) is 4.91. The fourth-order valence-corrected chi connectivity index (χ4v) is 6.00. The van der Waals surface area contributed by atoms with Crippen molar-refractivity contribution in [1.29, 1.82) is 0 Å². The third-order valence-electron chi connectivity index (χ3n) is 6.97. The number of hydrogen-bond acceptors (Lipinski definition) is 4. The van der Waals surface area contributed by atoms with Crippen LogP contribution >= 0.6 is 11.6 Å². The van der Waals surface area contributed by atoms with Gasteiger partial charge in [-0.1, -0.05) is 49.6 Å². The Bertz CT molecular complexity index is 1270. The highest BCUT2D eigenvalue weighted by atomic mass is 35.5. The summed E-state index contributed by atoms with van der Waals surface area (Å²) in [5.41, 5.74) is -0.334. The number of amides is 2. The van der Waals surface area contributed by atoms with Crippen LogP contribution in [0.15, 0.2) is 48.5 Å². The Balaban J connectivity index is 1.77. The molecule has 3 rings (SSSR count). The molecule has 1 aliphatic rings. The highest BCUT2D eigenvalue weighted by molar-refractivity contribution is 7.92. The van der Waals surface area contributed by atoms with Crippen LogP contribution in [0.25, 0.3) is 0 Å². The van der Waals surface area contributed by atoms with Crippen LogP contribution in [-0.4, -0.2) is 50.0 Å². The number of halogens is 4. The van der Waals surface area contributed by atoms with Crippen LogP contribution in [0.3, 0.4) is 0 Å². The van der Waals surface area contributed by atoms with Crippen LogP contribution in [0, 0.1) is 0 Å². The molecule has 0 aliphatic heterocycles. The van der Waals surface area contributed by atoms with Crippen LogP contribution in [-0.2, 0) is 32.3 Å². The smallest absolute Gasteiger partial charge is 0.352 e. The molecule has 0 aromatic heterocycles. The molecule has 1 atom stereocenters. The minimum absolute atomic E-state index is 0.0416. The van der Waals surface area contributed by atoms with Gasteiger partial charge in [0.2, 0.25) is 21.8 Å². The predicted molar refractivity (Wildman–Crippen MR) is 149 cm³/mol. The lowest BCUT2D eigenvalue weighted by Crippen LogP contribution is -2.51. The second kappa shape index (κ2) is 13.7. The second-order valence-corrected chi connectivity index (χ2v) is 12.4. The normalized spacial score (nSPS) is 15.1. The quantitative estimate of drug-likeness (QED) is 0.335. The largest absolute Gasteiger partial charge is 0.416 e. The average molecular weight is 602 g/mol. The molecule has 1 fully saturated rings. The van der Waals surface area contributed by atoms with E-state index in [-0.39, 0.29) is 49.5 Å². The molecule has 0 saturated heterocycles. The Kier molecular flexibility index (Phi) is 10.9. The van der Waals surface area contributed by atoms with Crippen molar-refractivity contribution in [2.24, 2.45) is 0 Å². The highest BCUT2D eigenvalue weighted by Crippen LogP contribution is 2.32. The molecule has 40 heavy (non-hydrogen) atoms. The maximum absolute atomic E-state index is 13.5. The Morgan fingerprint density at radius 2 is 1.75 bits per heavy atom. The molecule has 12 heteroatoms. The topological polar surface area (TPSA) is 86.8 Å². The Labute approximate surface area is 238 Å². The number of sulfonamides is 1. The Morgan fingerprint density at radius 3 is 2.33 bits per heavy atom. The highest BCUT2D eigenvalue weighted by Gasteiger charge is 2.33. The van der Waals surface area contributed by atoms with Gasteiger partial charge in [0, 0.05) is 30.6 Å². The zero-order valence-electron chi connectivity index (χ0n) is 22.6. The zero-order chi connectivity index (χ0) is 29.5. The third kappa shape index (κ3) is 8.86. The second-order valence-electron chi connectivity index (χ2n) is 10.0. The molecule has 0 spiro atoms. The number of anilines is 1. The average Bonchev–Trinajstić information content (AvgIpc) is 3.39. The number of benzene rings is 2. The summed E-state index contributed by atoms with van der Waals surface area (Å²) in [5.74, 6) is -0.598. The summed E-state index contributed by atoms with van der Waals surface area (Å²) in [7, 11) is -3.93. The molecule has 220 valence electrons. The molecule has 1 saturated carbocycles. The number of hydrogen-bond donors (Lipinski definition) is 1. The van der Waals surface area contributed by atoms with E-state index in [1.807, 2.05) is 6.92 Å². The summed E-state index contributed by atoms with van der Waals surface area (Å²) in [6, 6.07) is 10.3. The van der Waals surface area contributed by atoms with Crippen molar-refractivity contribution >= 4 is 39.1 Å². The van der Waals surface area contributed by atoms with E-state index in [4.69, 9.17) is 11.6 Å². The van der Waals surface area contributed by atoms with Gasteiger partial charge in [-0.2, -0.15) is 13.2 Å². The summed E-state index contributed by atoms with van der Waals surface area (Å²) in [4.78, 5) is 28.2. The van der Waals surface area contributed by atoms with Crippen LogP contribution in [0.5, 0.6) is 0 Å². The van der Waals surface area contributed by atoms with Crippen LogP contribution in [0.1, 0.15) is 63.0 Å². The lowest BCUT2D eigenvalue weighted by atomic mass is 10.1. The summed E-state index contributed by atoms with van der Waals surface area (Å²) in [6.07, 6.45) is 0.446. The van der Waals surface area contributed by atoms with E-state index in [9.17, 15) is 31.2 Å². The Hall–Kier alpha value is -2.79. The first-order valence-electron chi connectivity index (χ1n) is 13.3. The van der Waals surface area contributed by atoms with Gasteiger partial charge < -0.3 is 10.2 Å². The minimum atomic E-state index is -4.63.